The Morgan fingerprint density at radius 2 is 1.73 bits per heavy atom. The van der Waals surface area contributed by atoms with Gasteiger partial charge in [0.2, 0.25) is 0 Å². The van der Waals surface area contributed by atoms with Gasteiger partial charge in [-0.05, 0) is 49.6 Å². The van der Waals surface area contributed by atoms with Crippen molar-refractivity contribution in [2.75, 3.05) is 32.7 Å². The van der Waals surface area contributed by atoms with Gasteiger partial charge < -0.3 is 35.0 Å². The summed E-state index contributed by atoms with van der Waals surface area (Å²) in [4.78, 5) is 41.1. The number of carboxylic acid groups (broad SMARTS) is 1. The van der Waals surface area contributed by atoms with Crippen LogP contribution in [0.5, 0.6) is 23.0 Å². The van der Waals surface area contributed by atoms with Gasteiger partial charge in [0.05, 0.1) is 17.0 Å². The lowest BCUT2D eigenvalue weighted by Gasteiger charge is -2.39. The van der Waals surface area contributed by atoms with E-state index in [-0.39, 0.29) is 23.4 Å². The number of piperazine rings is 1. The monoisotopic (exact) mass is 615 g/mol. The Morgan fingerprint density at radius 3 is 2.49 bits per heavy atom. The fraction of sp³-hybridized carbons (Fsp3) is 0.382. The average molecular weight is 616 g/mol. The number of carbonyl (C=O) groups excluding carboxylic acids is 2. The zero-order chi connectivity index (χ0) is 31.7. The fourth-order valence-electron chi connectivity index (χ4n) is 6.65. The first-order valence-electron chi connectivity index (χ1n) is 15.4. The first-order valence-corrected chi connectivity index (χ1v) is 15.4. The molecule has 0 aliphatic carbocycles. The number of hydrogen-bond donors (Lipinski definition) is 4. The van der Waals surface area contributed by atoms with Crippen LogP contribution in [0, 0.1) is 5.92 Å². The molecule has 1 spiro atoms. The van der Waals surface area contributed by atoms with Gasteiger partial charge in [-0.25, -0.2) is 9.59 Å². The fourth-order valence-corrected chi connectivity index (χ4v) is 6.65. The summed E-state index contributed by atoms with van der Waals surface area (Å²) in [6.45, 7) is 4.75. The lowest BCUT2D eigenvalue weighted by Crippen LogP contribution is -2.51. The molecule has 11 nitrogen and oxygen atoms in total. The van der Waals surface area contributed by atoms with Crippen molar-refractivity contribution in [3.8, 4) is 23.0 Å². The molecule has 2 atom stereocenters. The van der Waals surface area contributed by atoms with Gasteiger partial charge in [-0.1, -0.05) is 31.5 Å². The van der Waals surface area contributed by atoms with Crippen LogP contribution in [0.15, 0.2) is 54.6 Å². The number of hydrogen-bond acceptors (Lipinski definition) is 8. The molecular weight excluding hydrogens is 578 g/mol. The van der Waals surface area contributed by atoms with E-state index < -0.39 is 17.5 Å². The first-order chi connectivity index (χ1) is 21.7. The van der Waals surface area contributed by atoms with Crippen LogP contribution in [0.2, 0.25) is 0 Å². The van der Waals surface area contributed by atoms with Crippen LogP contribution >= 0.6 is 0 Å². The second-order valence-electron chi connectivity index (χ2n) is 11.8. The van der Waals surface area contributed by atoms with E-state index in [0.29, 0.717) is 97.8 Å². The third-order valence-corrected chi connectivity index (χ3v) is 8.98. The minimum Gasteiger partial charge on any atom is -0.508 e. The summed E-state index contributed by atoms with van der Waals surface area (Å²) < 4.78 is 12.5. The number of nitrogens with zero attached hydrogens (tertiary/aromatic N) is 2. The van der Waals surface area contributed by atoms with E-state index in [4.69, 9.17) is 9.47 Å². The molecule has 236 valence electrons. The number of carbonyl (C=O) groups is 3. The molecular formula is C34H37N3O8. The molecule has 2 unspecified atom stereocenters. The maximum absolute atomic E-state index is 13.1. The molecule has 4 N–H and O–H groups in total. The predicted molar refractivity (Wildman–Crippen MR) is 164 cm³/mol. The zero-order valence-corrected chi connectivity index (χ0v) is 25.1. The molecule has 1 fully saturated rings. The highest BCUT2D eigenvalue weighted by Gasteiger charge is 2.54. The third-order valence-electron chi connectivity index (χ3n) is 8.98. The van der Waals surface area contributed by atoms with Crippen LogP contribution in [0.3, 0.4) is 0 Å². The molecule has 45 heavy (non-hydrogen) atoms. The van der Waals surface area contributed by atoms with Crippen molar-refractivity contribution in [1.29, 1.82) is 0 Å². The van der Waals surface area contributed by atoms with E-state index in [2.05, 4.69) is 10.2 Å². The zero-order valence-electron chi connectivity index (χ0n) is 25.1. The Labute approximate surface area is 261 Å². The van der Waals surface area contributed by atoms with Crippen LogP contribution < -0.4 is 10.1 Å². The lowest BCUT2D eigenvalue weighted by atomic mass is 9.77. The minimum atomic E-state index is -1.31. The number of phenolic OH excluding ortho intramolecular Hbond substituents is 2. The van der Waals surface area contributed by atoms with Crippen LogP contribution in [-0.2, 0) is 21.7 Å². The van der Waals surface area contributed by atoms with E-state index in [0.717, 1.165) is 6.42 Å². The van der Waals surface area contributed by atoms with E-state index in [1.807, 2.05) is 19.1 Å². The molecule has 3 aromatic carbocycles. The number of carboxylic acids is 1. The van der Waals surface area contributed by atoms with Crippen molar-refractivity contribution in [3.63, 3.8) is 0 Å². The molecule has 1 saturated heterocycles. The number of aliphatic carboxylic acids is 1. The Balaban J connectivity index is 1.18. The number of benzene rings is 3. The number of nitrogens with one attached hydrogen (secondary N) is 1. The number of rotatable bonds is 9. The van der Waals surface area contributed by atoms with Crippen LogP contribution in [0.25, 0.3) is 0 Å². The molecule has 2 amide bonds. The van der Waals surface area contributed by atoms with Gasteiger partial charge in [0.1, 0.15) is 23.0 Å². The topological polar surface area (TPSA) is 149 Å². The molecule has 3 aromatic rings. The van der Waals surface area contributed by atoms with Gasteiger partial charge in [0.25, 0.3) is 0 Å². The van der Waals surface area contributed by atoms with Crippen molar-refractivity contribution < 1.29 is 39.2 Å². The summed E-state index contributed by atoms with van der Waals surface area (Å²) in [5.74, 6) is -0.947. The van der Waals surface area contributed by atoms with Crippen molar-refractivity contribution in [3.05, 3.63) is 82.4 Å². The van der Waals surface area contributed by atoms with Crippen LogP contribution in [0.4, 0.5) is 4.79 Å². The molecule has 3 aliphatic rings. The standard InChI is InChI=1S/C34H37N3O8/c1-2-6-21(31(40)41)7-5-14-35-33(43)37-17-15-36(16-18-37)20-24-28(39)13-12-27-30(24)44-29-19-22(38)10-11-26(29)34(27)25-9-4-3-8-23(25)32(42)45-34/h3-4,8-13,19,21,38-39H,2,5-7,14-18,20H2,1H3,(H,35,43)(H,40,41). The van der Waals surface area contributed by atoms with Gasteiger partial charge in [-0.2, -0.15) is 0 Å². The first kappa shape index (κ1) is 30.3. The predicted octanol–water partition coefficient (Wildman–Crippen LogP) is 4.77. The maximum atomic E-state index is 13.1. The Kier molecular flexibility index (Phi) is 8.28. The molecule has 3 aliphatic heterocycles. The smallest absolute Gasteiger partial charge is 0.340 e. The second-order valence-corrected chi connectivity index (χ2v) is 11.8. The highest BCUT2D eigenvalue weighted by molar-refractivity contribution is 5.97. The van der Waals surface area contributed by atoms with Gasteiger partial charge in [-0.3, -0.25) is 9.69 Å². The SMILES string of the molecule is CCCC(CCCNC(=O)N1CCN(Cc2c(O)ccc3c2Oc2cc(O)ccc2C32OC(=O)c3ccccc32)CC1)C(=O)O. The molecule has 0 bridgehead atoms. The summed E-state index contributed by atoms with van der Waals surface area (Å²) in [5, 5.41) is 33.6. The van der Waals surface area contributed by atoms with Gasteiger partial charge >= 0.3 is 18.0 Å². The summed E-state index contributed by atoms with van der Waals surface area (Å²) in [6.07, 6.45) is 2.57. The normalized spacial score (nSPS) is 19.2. The van der Waals surface area contributed by atoms with Crippen molar-refractivity contribution >= 4 is 18.0 Å². The Bertz CT molecular complexity index is 1630. The van der Waals surface area contributed by atoms with Crippen molar-refractivity contribution in [2.45, 2.75) is 44.8 Å². The largest absolute Gasteiger partial charge is 0.508 e. The van der Waals surface area contributed by atoms with Crippen LogP contribution in [-0.4, -0.2) is 75.8 Å². The number of urea groups is 1. The van der Waals surface area contributed by atoms with E-state index in [1.165, 1.54) is 12.1 Å². The average Bonchev–Trinajstić information content (AvgIpc) is 3.32. The van der Waals surface area contributed by atoms with Gasteiger partial charge in [-0.15, -0.1) is 0 Å². The summed E-state index contributed by atoms with van der Waals surface area (Å²) in [6, 6.07) is 15.0. The van der Waals surface area contributed by atoms with E-state index >= 15 is 0 Å². The maximum Gasteiger partial charge on any atom is 0.340 e. The molecule has 0 saturated carbocycles. The molecule has 6 rings (SSSR count). The van der Waals surface area contributed by atoms with E-state index in [9.17, 15) is 29.7 Å². The quantitative estimate of drug-likeness (QED) is 0.197. The summed E-state index contributed by atoms with van der Waals surface area (Å²) in [7, 11) is 0. The Morgan fingerprint density at radius 1 is 0.978 bits per heavy atom. The molecule has 11 heteroatoms. The van der Waals surface area contributed by atoms with Gasteiger partial charge in [0, 0.05) is 62.0 Å². The minimum absolute atomic E-state index is 0.0104. The highest BCUT2D eigenvalue weighted by Crippen LogP contribution is 2.58. The molecule has 0 radical (unpaired) electrons. The number of ether oxygens (including phenoxy) is 2. The summed E-state index contributed by atoms with van der Waals surface area (Å²) >= 11 is 0. The van der Waals surface area contributed by atoms with Crippen molar-refractivity contribution in [2.24, 2.45) is 5.92 Å². The number of fused-ring (bicyclic) bond motifs is 6. The lowest BCUT2D eigenvalue weighted by molar-refractivity contribution is -0.142. The Hall–Kier alpha value is -4.77. The molecule has 3 heterocycles. The van der Waals surface area contributed by atoms with E-state index in [1.54, 1.807) is 35.2 Å². The summed E-state index contributed by atoms with van der Waals surface area (Å²) in [5.41, 5.74) is 1.45. The number of amides is 2. The molecule has 0 aromatic heterocycles. The highest BCUT2D eigenvalue weighted by atomic mass is 16.6. The third kappa shape index (κ3) is 5.52. The van der Waals surface area contributed by atoms with Crippen molar-refractivity contribution in [1.82, 2.24) is 15.1 Å². The van der Waals surface area contributed by atoms with Crippen LogP contribution in [0.1, 0.15) is 65.2 Å². The number of esters is 1. The second kappa shape index (κ2) is 12.3. The van der Waals surface area contributed by atoms with Gasteiger partial charge in [0.15, 0.2) is 5.60 Å². The number of phenols is 2. The number of aromatic hydroxyl groups is 2.